The molecule has 0 spiro atoms. The molecule has 2 rings (SSSR count). The molecule has 3 nitrogen and oxygen atoms in total. The fourth-order valence-electron chi connectivity index (χ4n) is 2.48. The minimum Gasteiger partial charge on any atom is -0.388 e. The van der Waals surface area contributed by atoms with E-state index < -0.39 is 11.9 Å². The number of benzene rings is 2. The van der Waals surface area contributed by atoms with E-state index in [4.69, 9.17) is 11.6 Å². The summed E-state index contributed by atoms with van der Waals surface area (Å²) in [6.07, 6.45) is 0.590. The van der Waals surface area contributed by atoms with Crippen LogP contribution < -0.4 is 10.6 Å². The molecule has 2 aromatic rings. The summed E-state index contributed by atoms with van der Waals surface area (Å²) in [6, 6.07) is 7.40. The molecular formula is C16H15BrClFN2O. The highest BCUT2D eigenvalue weighted by Gasteiger charge is 2.22. The molecule has 1 unspecified atom stereocenters. The summed E-state index contributed by atoms with van der Waals surface area (Å²) in [5, 5.41) is 6.22. The summed E-state index contributed by atoms with van der Waals surface area (Å²) >= 11 is 9.65. The molecule has 0 fully saturated rings. The Morgan fingerprint density at radius 3 is 2.68 bits per heavy atom. The highest BCUT2D eigenvalue weighted by Crippen LogP contribution is 2.36. The normalized spacial score (nSPS) is 11.9. The molecule has 2 N–H and O–H groups in total. The van der Waals surface area contributed by atoms with Gasteiger partial charge in [-0.15, -0.1) is 0 Å². The molecule has 0 radical (unpaired) electrons. The van der Waals surface area contributed by atoms with Gasteiger partial charge in [0.25, 0.3) is 0 Å². The Labute approximate surface area is 142 Å². The van der Waals surface area contributed by atoms with E-state index in [9.17, 15) is 9.18 Å². The Hall–Kier alpha value is -1.59. The van der Waals surface area contributed by atoms with Gasteiger partial charge in [-0.05, 0) is 42.8 Å². The minimum absolute atomic E-state index is 0.394. The van der Waals surface area contributed by atoms with Crippen molar-refractivity contribution in [3.8, 4) is 0 Å². The highest BCUT2D eigenvalue weighted by molar-refractivity contribution is 9.10. The number of aryl methyl sites for hydroxylation is 1. The van der Waals surface area contributed by atoms with Crippen LogP contribution in [0.25, 0.3) is 0 Å². The zero-order chi connectivity index (χ0) is 16.3. The number of hydrogen-bond acceptors (Lipinski definition) is 2. The molecule has 0 saturated heterocycles. The number of nitrogens with one attached hydrogen (secondary N) is 2. The zero-order valence-electron chi connectivity index (χ0n) is 12.1. The van der Waals surface area contributed by atoms with E-state index in [0.717, 1.165) is 21.3 Å². The number of amides is 1. The van der Waals surface area contributed by atoms with E-state index in [1.165, 1.54) is 18.2 Å². The smallest absolute Gasteiger partial charge is 0.207 e. The second kappa shape index (κ2) is 7.11. The van der Waals surface area contributed by atoms with Gasteiger partial charge in [-0.2, -0.15) is 0 Å². The van der Waals surface area contributed by atoms with E-state index in [0.29, 0.717) is 17.0 Å². The predicted molar refractivity (Wildman–Crippen MR) is 90.9 cm³/mol. The first-order chi connectivity index (χ1) is 10.5. The van der Waals surface area contributed by atoms with Crippen molar-refractivity contribution in [3.63, 3.8) is 0 Å². The molecule has 2 aromatic carbocycles. The SMILES string of the molecule is CNc1cc(Br)cc(C)c1C(NC=O)c1cc(F)ccc1Cl. The molecular weight excluding hydrogens is 371 g/mol. The van der Waals surface area contributed by atoms with Crippen LogP contribution in [0.5, 0.6) is 0 Å². The van der Waals surface area contributed by atoms with Crippen molar-refractivity contribution in [1.29, 1.82) is 0 Å². The largest absolute Gasteiger partial charge is 0.388 e. The summed E-state index contributed by atoms with van der Waals surface area (Å²) < 4.78 is 14.5. The van der Waals surface area contributed by atoms with E-state index in [2.05, 4.69) is 26.6 Å². The molecule has 22 heavy (non-hydrogen) atoms. The lowest BCUT2D eigenvalue weighted by Gasteiger charge is -2.24. The van der Waals surface area contributed by atoms with Crippen LogP contribution in [0.3, 0.4) is 0 Å². The molecule has 1 atom stereocenters. The van der Waals surface area contributed by atoms with Gasteiger partial charge in [-0.1, -0.05) is 27.5 Å². The predicted octanol–water partition coefficient (Wildman–Crippen LogP) is 4.43. The first-order valence-corrected chi connectivity index (χ1v) is 7.77. The van der Waals surface area contributed by atoms with Crippen LogP contribution in [0.4, 0.5) is 10.1 Å². The molecule has 0 aromatic heterocycles. The van der Waals surface area contributed by atoms with Crippen molar-refractivity contribution in [2.75, 3.05) is 12.4 Å². The molecule has 0 saturated carbocycles. The summed E-state index contributed by atoms with van der Waals surface area (Å²) in [5.41, 5.74) is 3.12. The first-order valence-electron chi connectivity index (χ1n) is 6.60. The lowest BCUT2D eigenvalue weighted by Crippen LogP contribution is -2.23. The van der Waals surface area contributed by atoms with E-state index in [1.807, 2.05) is 19.1 Å². The lowest BCUT2D eigenvalue weighted by molar-refractivity contribution is -0.110. The maximum absolute atomic E-state index is 13.6. The molecule has 6 heteroatoms. The van der Waals surface area contributed by atoms with Gasteiger partial charge in [0, 0.05) is 33.4 Å². The van der Waals surface area contributed by atoms with Crippen molar-refractivity contribution in [2.45, 2.75) is 13.0 Å². The topological polar surface area (TPSA) is 41.1 Å². The number of carbonyl (C=O) groups excluding carboxylic acids is 1. The summed E-state index contributed by atoms with van der Waals surface area (Å²) in [4.78, 5) is 11.1. The average molecular weight is 386 g/mol. The second-order valence-electron chi connectivity index (χ2n) is 4.82. The van der Waals surface area contributed by atoms with Crippen molar-refractivity contribution in [2.24, 2.45) is 0 Å². The molecule has 116 valence electrons. The first kappa shape index (κ1) is 16.8. The maximum Gasteiger partial charge on any atom is 0.207 e. The zero-order valence-corrected chi connectivity index (χ0v) is 14.4. The Balaban J connectivity index is 2.67. The summed E-state index contributed by atoms with van der Waals surface area (Å²) in [5.74, 6) is -0.405. The Morgan fingerprint density at radius 2 is 2.05 bits per heavy atom. The standard InChI is InChI=1S/C16H15BrClFN2O/c1-9-5-10(17)6-14(20-2)15(9)16(21-8-22)12-7-11(19)3-4-13(12)18/h3-8,16,20H,1-2H3,(H,21,22). The monoisotopic (exact) mass is 384 g/mol. The van der Waals surface area contributed by atoms with Gasteiger partial charge >= 0.3 is 0 Å². The van der Waals surface area contributed by atoms with Gasteiger partial charge in [0.1, 0.15) is 5.82 Å². The molecule has 0 aliphatic heterocycles. The van der Waals surface area contributed by atoms with Crippen LogP contribution in [-0.2, 0) is 4.79 Å². The summed E-state index contributed by atoms with van der Waals surface area (Å²) in [7, 11) is 1.79. The summed E-state index contributed by atoms with van der Waals surface area (Å²) in [6.45, 7) is 1.92. The van der Waals surface area contributed by atoms with Crippen LogP contribution >= 0.6 is 27.5 Å². The van der Waals surface area contributed by atoms with Gasteiger partial charge in [0.05, 0.1) is 6.04 Å². The molecule has 1 amide bonds. The van der Waals surface area contributed by atoms with E-state index in [1.54, 1.807) is 7.05 Å². The van der Waals surface area contributed by atoms with Gasteiger partial charge in [0.15, 0.2) is 0 Å². The van der Waals surface area contributed by atoms with Crippen molar-refractivity contribution < 1.29 is 9.18 Å². The number of rotatable bonds is 5. The number of halogens is 3. The maximum atomic E-state index is 13.6. The molecule has 0 bridgehead atoms. The lowest BCUT2D eigenvalue weighted by atomic mass is 9.93. The van der Waals surface area contributed by atoms with Crippen molar-refractivity contribution >= 4 is 39.6 Å². The van der Waals surface area contributed by atoms with Gasteiger partial charge in [-0.25, -0.2) is 4.39 Å². The fraction of sp³-hybridized carbons (Fsp3) is 0.188. The van der Waals surface area contributed by atoms with Gasteiger partial charge in [-0.3, -0.25) is 4.79 Å². The van der Waals surface area contributed by atoms with E-state index in [-0.39, 0.29) is 0 Å². The van der Waals surface area contributed by atoms with Crippen LogP contribution in [0.2, 0.25) is 5.02 Å². The van der Waals surface area contributed by atoms with Crippen LogP contribution in [-0.4, -0.2) is 13.5 Å². The number of anilines is 1. The van der Waals surface area contributed by atoms with Crippen LogP contribution in [0.1, 0.15) is 22.7 Å². The molecule has 0 aliphatic rings. The fourth-order valence-corrected chi connectivity index (χ4v) is 3.28. The van der Waals surface area contributed by atoms with Crippen molar-refractivity contribution in [1.82, 2.24) is 5.32 Å². The third-order valence-electron chi connectivity index (χ3n) is 3.41. The Morgan fingerprint density at radius 1 is 1.32 bits per heavy atom. The average Bonchev–Trinajstić information content (AvgIpc) is 2.47. The molecule has 0 heterocycles. The third-order valence-corrected chi connectivity index (χ3v) is 4.22. The quantitative estimate of drug-likeness (QED) is 0.748. The third kappa shape index (κ3) is 3.42. The minimum atomic E-state index is -0.545. The number of carbonyl (C=O) groups is 1. The number of hydrogen-bond donors (Lipinski definition) is 2. The Bertz CT molecular complexity index is 709. The molecule has 0 aliphatic carbocycles. The highest BCUT2D eigenvalue weighted by atomic mass is 79.9. The second-order valence-corrected chi connectivity index (χ2v) is 6.14. The van der Waals surface area contributed by atoms with Crippen LogP contribution in [0.15, 0.2) is 34.8 Å². The van der Waals surface area contributed by atoms with Crippen LogP contribution in [0, 0.1) is 12.7 Å². The Kier molecular flexibility index (Phi) is 5.42. The van der Waals surface area contributed by atoms with Gasteiger partial charge in [0.2, 0.25) is 6.41 Å². The van der Waals surface area contributed by atoms with Gasteiger partial charge < -0.3 is 10.6 Å². The van der Waals surface area contributed by atoms with Crippen molar-refractivity contribution in [3.05, 3.63) is 62.3 Å². The van der Waals surface area contributed by atoms with E-state index >= 15 is 0 Å².